The molecular weight excluding hydrogens is 226 g/mol. The molecule has 3 nitrogen and oxygen atoms in total. The highest BCUT2D eigenvalue weighted by Gasteiger charge is 2.38. The first-order valence-electron chi connectivity index (χ1n) is 6.52. The van der Waals surface area contributed by atoms with Crippen molar-refractivity contribution in [1.82, 2.24) is 5.32 Å². The summed E-state index contributed by atoms with van der Waals surface area (Å²) >= 11 is 0. The molecule has 1 aliphatic carbocycles. The van der Waals surface area contributed by atoms with Gasteiger partial charge in [-0.2, -0.15) is 0 Å². The van der Waals surface area contributed by atoms with Gasteiger partial charge in [-0.15, -0.1) is 0 Å². The molecule has 1 aromatic carbocycles. The highest BCUT2D eigenvalue weighted by atomic mass is 16.5. The lowest BCUT2D eigenvalue weighted by Gasteiger charge is -2.23. The summed E-state index contributed by atoms with van der Waals surface area (Å²) in [6.45, 7) is 0. The molecule has 2 atom stereocenters. The van der Waals surface area contributed by atoms with Gasteiger partial charge in [0, 0.05) is 12.5 Å². The number of methoxy groups -OCH3 is 1. The number of furan rings is 1. The molecule has 0 radical (unpaired) electrons. The molecule has 1 aromatic heterocycles. The minimum absolute atomic E-state index is 0.134. The van der Waals surface area contributed by atoms with Gasteiger partial charge in [-0.1, -0.05) is 18.2 Å². The van der Waals surface area contributed by atoms with Crippen LogP contribution in [0, 0.1) is 5.92 Å². The SMILES string of the molecule is CNC(c1cc2ccccc2o1)C(OC)C1CC1. The molecular formula is C15H19NO2. The van der Waals surface area contributed by atoms with Crippen molar-refractivity contribution in [2.75, 3.05) is 14.2 Å². The van der Waals surface area contributed by atoms with Gasteiger partial charge in [0.1, 0.15) is 11.3 Å². The molecule has 18 heavy (non-hydrogen) atoms. The molecule has 1 saturated carbocycles. The van der Waals surface area contributed by atoms with Crippen molar-refractivity contribution in [3.8, 4) is 0 Å². The van der Waals surface area contributed by atoms with Crippen LogP contribution in [-0.2, 0) is 4.74 Å². The standard InChI is InChI=1S/C15H19NO2/c1-16-14(15(17-2)10-7-8-10)13-9-11-5-3-4-6-12(11)18-13/h3-6,9-10,14-16H,7-8H2,1-2H3. The molecule has 3 rings (SSSR count). The van der Waals surface area contributed by atoms with Crippen LogP contribution in [0.1, 0.15) is 24.6 Å². The number of hydrogen-bond acceptors (Lipinski definition) is 3. The fraction of sp³-hybridized carbons (Fsp3) is 0.467. The quantitative estimate of drug-likeness (QED) is 0.879. The number of rotatable bonds is 5. The predicted octanol–water partition coefficient (Wildman–Crippen LogP) is 3.12. The van der Waals surface area contributed by atoms with E-state index in [1.807, 2.05) is 25.2 Å². The van der Waals surface area contributed by atoms with E-state index < -0.39 is 0 Å². The van der Waals surface area contributed by atoms with E-state index in [1.54, 1.807) is 7.11 Å². The summed E-state index contributed by atoms with van der Waals surface area (Å²) in [4.78, 5) is 0. The first kappa shape index (κ1) is 11.8. The Balaban J connectivity index is 1.94. The number of hydrogen-bond donors (Lipinski definition) is 1. The molecule has 0 spiro atoms. The van der Waals surface area contributed by atoms with Crippen molar-refractivity contribution in [2.24, 2.45) is 5.92 Å². The highest BCUT2D eigenvalue weighted by Crippen LogP contribution is 2.40. The van der Waals surface area contributed by atoms with Gasteiger partial charge in [0.15, 0.2) is 0 Å². The molecule has 3 heteroatoms. The van der Waals surface area contributed by atoms with Crippen LogP contribution in [0.25, 0.3) is 11.0 Å². The Morgan fingerprint density at radius 2 is 2.11 bits per heavy atom. The summed E-state index contributed by atoms with van der Waals surface area (Å²) in [5.74, 6) is 1.64. The van der Waals surface area contributed by atoms with Crippen LogP contribution in [0.5, 0.6) is 0 Å². The van der Waals surface area contributed by atoms with Crippen molar-refractivity contribution in [1.29, 1.82) is 0 Å². The van der Waals surface area contributed by atoms with E-state index in [-0.39, 0.29) is 12.1 Å². The number of likely N-dealkylation sites (N-methyl/N-ethyl adjacent to an activating group) is 1. The van der Waals surface area contributed by atoms with Crippen LogP contribution in [0.3, 0.4) is 0 Å². The predicted molar refractivity (Wildman–Crippen MR) is 71.5 cm³/mol. The molecule has 1 aliphatic rings. The lowest BCUT2D eigenvalue weighted by molar-refractivity contribution is 0.0469. The maximum Gasteiger partial charge on any atom is 0.134 e. The van der Waals surface area contributed by atoms with E-state index in [1.165, 1.54) is 12.8 Å². The van der Waals surface area contributed by atoms with Crippen molar-refractivity contribution in [3.63, 3.8) is 0 Å². The summed E-state index contributed by atoms with van der Waals surface area (Å²) in [6, 6.07) is 10.4. The zero-order chi connectivity index (χ0) is 12.5. The monoisotopic (exact) mass is 245 g/mol. The molecule has 0 bridgehead atoms. The molecule has 1 heterocycles. The van der Waals surface area contributed by atoms with E-state index >= 15 is 0 Å². The van der Waals surface area contributed by atoms with Gasteiger partial charge >= 0.3 is 0 Å². The normalized spacial score (nSPS) is 19.0. The Bertz CT molecular complexity index is 497. The van der Waals surface area contributed by atoms with Gasteiger partial charge in [0.2, 0.25) is 0 Å². The van der Waals surface area contributed by atoms with Crippen molar-refractivity contribution in [2.45, 2.75) is 25.0 Å². The molecule has 0 aliphatic heterocycles. The summed E-state index contributed by atoms with van der Waals surface area (Å²) in [7, 11) is 3.75. The number of nitrogens with one attached hydrogen (secondary N) is 1. The lowest BCUT2D eigenvalue weighted by Crippen LogP contribution is -2.32. The van der Waals surface area contributed by atoms with Gasteiger partial charge in [0.05, 0.1) is 12.1 Å². The zero-order valence-electron chi connectivity index (χ0n) is 10.8. The first-order chi connectivity index (χ1) is 8.83. The molecule has 96 valence electrons. The van der Waals surface area contributed by atoms with E-state index in [0.29, 0.717) is 5.92 Å². The molecule has 1 N–H and O–H groups in total. The average Bonchev–Trinajstić information content (AvgIpc) is 3.14. The van der Waals surface area contributed by atoms with Crippen molar-refractivity contribution < 1.29 is 9.15 Å². The van der Waals surface area contributed by atoms with E-state index in [4.69, 9.17) is 9.15 Å². The lowest BCUT2D eigenvalue weighted by atomic mass is 10.0. The summed E-state index contributed by atoms with van der Waals surface area (Å²) in [6.07, 6.45) is 2.73. The third-order valence-electron chi connectivity index (χ3n) is 3.75. The molecule has 2 unspecified atom stereocenters. The molecule has 0 saturated heterocycles. The number of fused-ring (bicyclic) bond motifs is 1. The van der Waals surface area contributed by atoms with Gasteiger partial charge in [0.25, 0.3) is 0 Å². The van der Waals surface area contributed by atoms with E-state index in [0.717, 1.165) is 16.7 Å². The van der Waals surface area contributed by atoms with Crippen LogP contribution >= 0.6 is 0 Å². The van der Waals surface area contributed by atoms with Gasteiger partial charge < -0.3 is 14.5 Å². The Kier molecular flexibility index (Phi) is 3.10. The van der Waals surface area contributed by atoms with Crippen molar-refractivity contribution >= 4 is 11.0 Å². The Morgan fingerprint density at radius 3 is 2.72 bits per heavy atom. The highest BCUT2D eigenvalue weighted by molar-refractivity contribution is 5.77. The number of para-hydroxylation sites is 1. The molecule has 1 fully saturated rings. The fourth-order valence-electron chi connectivity index (χ4n) is 2.65. The van der Waals surface area contributed by atoms with Crippen LogP contribution in [0.15, 0.2) is 34.7 Å². The minimum Gasteiger partial charge on any atom is -0.459 e. The smallest absolute Gasteiger partial charge is 0.134 e. The number of benzene rings is 1. The first-order valence-corrected chi connectivity index (χ1v) is 6.52. The Morgan fingerprint density at radius 1 is 1.33 bits per heavy atom. The van der Waals surface area contributed by atoms with Gasteiger partial charge in [-0.25, -0.2) is 0 Å². The average molecular weight is 245 g/mol. The van der Waals surface area contributed by atoms with Crippen LogP contribution in [0.2, 0.25) is 0 Å². The van der Waals surface area contributed by atoms with E-state index in [9.17, 15) is 0 Å². The molecule has 0 amide bonds. The van der Waals surface area contributed by atoms with Crippen LogP contribution in [0.4, 0.5) is 0 Å². The maximum absolute atomic E-state index is 5.94. The maximum atomic E-state index is 5.94. The second kappa shape index (κ2) is 4.75. The summed E-state index contributed by atoms with van der Waals surface area (Å²) in [5.41, 5.74) is 0.943. The summed E-state index contributed by atoms with van der Waals surface area (Å²) in [5, 5.41) is 4.48. The second-order valence-electron chi connectivity index (χ2n) is 4.99. The molecule has 2 aromatic rings. The largest absolute Gasteiger partial charge is 0.459 e. The van der Waals surface area contributed by atoms with Crippen molar-refractivity contribution in [3.05, 3.63) is 36.1 Å². The van der Waals surface area contributed by atoms with E-state index in [2.05, 4.69) is 17.4 Å². The Hall–Kier alpha value is -1.32. The Labute approximate surface area is 107 Å². The number of ether oxygens (including phenoxy) is 1. The summed E-state index contributed by atoms with van der Waals surface area (Å²) < 4.78 is 11.6. The van der Waals surface area contributed by atoms with Gasteiger partial charge in [-0.05, 0) is 37.9 Å². The zero-order valence-corrected chi connectivity index (χ0v) is 10.8. The van der Waals surface area contributed by atoms with Crippen LogP contribution < -0.4 is 5.32 Å². The minimum atomic E-state index is 0.134. The fourth-order valence-corrected chi connectivity index (χ4v) is 2.65. The van der Waals surface area contributed by atoms with Crippen LogP contribution in [-0.4, -0.2) is 20.3 Å². The second-order valence-corrected chi connectivity index (χ2v) is 4.99. The third-order valence-corrected chi connectivity index (χ3v) is 3.75. The topological polar surface area (TPSA) is 34.4 Å². The van der Waals surface area contributed by atoms with Gasteiger partial charge in [-0.3, -0.25) is 0 Å². The third kappa shape index (κ3) is 2.04.